The van der Waals surface area contributed by atoms with E-state index >= 15 is 0 Å². The predicted octanol–water partition coefficient (Wildman–Crippen LogP) is 3.52. The van der Waals surface area contributed by atoms with E-state index in [0.717, 1.165) is 22.3 Å². The fraction of sp³-hybridized carbons (Fsp3) is 0.357. The van der Waals surface area contributed by atoms with Crippen molar-refractivity contribution in [3.05, 3.63) is 35.5 Å². The lowest BCUT2D eigenvalue weighted by Gasteiger charge is -2.07. The number of aryl methyl sites for hydroxylation is 1. The van der Waals surface area contributed by atoms with E-state index in [-0.39, 0.29) is 0 Å². The van der Waals surface area contributed by atoms with Gasteiger partial charge in [0, 0.05) is 23.9 Å². The van der Waals surface area contributed by atoms with Crippen LogP contribution in [-0.2, 0) is 12.8 Å². The van der Waals surface area contributed by atoms with Gasteiger partial charge in [-0.25, -0.2) is 4.79 Å². The zero-order valence-electron chi connectivity index (χ0n) is 10.8. The molecule has 0 aliphatic carbocycles. The van der Waals surface area contributed by atoms with Gasteiger partial charge in [0.1, 0.15) is 0 Å². The number of nitrogens with zero attached hydrogens (tertiary/aromatic N) is 1. The molecule has 0 radical (unpaired) electrons. The van der Waals surface area contributed by atoms with Crippen LogP contribution in [0.1, 0.15) is 29.9 Å². The average Bonchev–Trinajstić information content (AvgIpc) is 2.63. The Morgan fingerprint density at radius 2 is 2.17 bits per heavy atom. The second-order valence-corrected chi connectivity index (χ2v) is 6.17. The van der Waals surface area contributed by atoms with Crippen LogP contribution in [0.2, 0.25) is 0 Å². The number of thioether (sulfide) groups is 1. The van der Waals surface area contributed by atoms with Crippen molar-refractivity contribution in [2.45, 2.75) is 24.9 Å². The summed E-state index contributed by atoms with van der Waals surface area (Å²) in [5, 5.41) is 10.8. The van der Waals surface area contributed by atoms with E-state index in [1.54, 1.807) is 12.1 Å². The number of fused-ring (bicyclic) bond motifs is 1. The first kappa shape index (κ1) is 13.0. The molecule has 96 valence electrons. The van der Waals surface area contributed by atoms with Gasteiger partial charge < -0.3 is 9.67 Å². The minimum absolute atomic E-state index is 0.371. The molecular formula is C14H17NO2S. The molecule has 18 heavy (non-hydrogen) atoms. The number of aromatic carboxylic acids is 1. The summed E-state index contributed by atoms with van der Waals surface area (Å²) in [5.74, 6) is 0.0342. The number of carboxylic acids is 1. The van der Waals surface area contributed by atoms with Crippen LogP contribution in [0.15, 0.2) is 24.3 Å². The van der Waals surface area contributed by atoms with E-state index in [0.29, 0.717) is 10.8 Å². The second kappa shape index (κ2) is 5.06. The minimum Gasteiger partial charge on any atom is -0.478 e. The SMILES string of the molecule is CC(C)SCc1cc2cccc(C(=O)O)c2n1C. The van der Waals surface area contributed by atoms with Crippen molar-refractivity contribution in [1.29, 1.82) is 0 Å². The number of carbonyl (C=O) groups is 1. The molecule has 0 saturated carbocycles. The summed E-state index contributed by atoms with van der Waals surface area (Å²) in [6.45, 7) is 4.33. The zero-order valence-corrected chi connectivity index (χ0v) is 11.6. The highest BCUT2D eigenvalue weighted by Gasteiger charge is 2.14. The average molecular weight is 263 g/mol. The molecule has 0 spiro atoms. The zero-order chi connectivity index (χ0) is 13.3. The number of rotatable bonds is 4. The fourth-order valence-electron chi connectivity index (χ4n) is 2.04. The second-order valence-electron chi connectivity index (χ2n) is 4.60. The molecule has 0 bridgehead atoms. The largest absolute Gasteiger partial charge is 0.478 e. The first-order valence-corrected chi connectivity index (χ1v) is 6.97. The van der Waals surface area contributed by atoms with E-state index in [9.17, 15) is 9.90 Å². The molecule has 1 heterocycles. The van der Waals surface area contributed by atoms with Crippen LogP contribution in [0.5, 0.6) is 0 Å². The third kappa shape index (κ3) is 2.38. The highest BCUT2D eigenvalue weighted by molar-refractivity contribution is 7.99. The van der Waals surface area contributed by atoms with E-state index in [2.05, 4.69) is 19.9 Å². The van der Waals surface area contributed by atoms with Crippen molar-refractivity contribution in [3.8, 4) is 0 Å². The summed E-state index contributed by atoms with van der Waals surface area (Å²) in [6, 6.07) is 7.50. The normalized spacial score (nSPS) is 11.3. The molecule has 4 heteroatoms. The number of benzene rings is 1. The first-order valence-electron chi connectivity index (χ1n) is 5.93. The maximum atomic E-state index is 11.2. The maximum absolute atomic E-state index is 11.2. The number of para-hydroxylation sites is 1. The standard InChI is InChI=1S/C14H17NO2S/c1-9(2)18-8-11-7-10-5-4-6-12(14(16)17)13(10)15(11)3/h4-7,9H,8H2,1-3H3,(H,16,17). The van der Waals surface area contributed by atoms with Crippen LogP contribution >= 0.6 is 11.8 Å². The summed E-state index contributed by atoms with van der Waals surface area (Å²) in [7, 11) is 1.94. The monoisotopic (exact) mass is 263 g/mol. The van der Waals surface area contributed by atoms with E-state index in [1.165, 1.54) is 0 Å². The Labute approximate surface area is 111 Å². The van der Waals surface area contributed by atoms with Gasteiger partial charge in [0.2, 0.25) is 0 Å². The van der Waals surface area contributed by atoms with E-state index < -0.39 is 5.97 Å². The molecule has 3 nitrogen and oxygen atoms in total. The summed E-state index contributed by atoms with van der Waals surface area (Å²) in [6.07, 6.45) is 0. The quantitative estimate of drug-likeness (QED) is 0.917. The Morgan fingerprint density at radius 1 is 1.44 bits per heavy atom. The van der Waals surface area contributed by atoms with Crippen LogP contribution in [0.4, 0.5) is 0 Å². The summed E-state index contributed by atoms with van der Waals surface area (Å²) < 4.78 is 1.99. The molecule has 0 saturated heterocycles. The Hall–Kier alpha value is -1.42. The lowest BCUT2D eigenvalue weighted by molar-refractivity contribution is 0.0698. The van der Waals surface area contributed by atoms with E-state index in [1.807, 2.05) is 29.4 Å². The summed E-state index contributed by atoms with van der Waals surface area (Å²) in [4.78, 5) is 11.2. The van der Waals surface area contributed by atoms with Gasteiger partial charge in [-0.05, 0) is 17.4 Å². The van der Waals surface area contributed by atoms with E-state index in [4.69, 9.17) is 0 Å². The van der Waals surface area contributed by atoms with Gasteiger partial charge in [-0.2, -0.15) is 11.8 Å². The molecule has 0 atom stereocenters. The third-order valence-corrected chi connectivity index (χ3v) is 4.08. The Bertz CT molecular complexity index is 587. The Balaban J connectivity index is 2.49. The predicted molar refractivity (Wildman–Crippen MR) is 76.3 cm³/mol. The molecule has 0 aliphatic rings. The van der Waals surface area contributed by atoms with Gasteiger partial charge in [-0.1, -0.05) is 26.0 Å². The van der Waals surface area contributed by atoms with Crippen molar-refractivity contribution < 1.29 is 9.90 Å². The van der Waals surface area contributed by atoms with Crippen LogP contribution in [-0.4, -0.2) is 20.9 Å². The molecule has 2 aromatic rings. The fourth-order valence-corrected chi connectivity index (χ4v) is 2.82. The first-order chi connectivity index (χ1) is 8.50. The van der Waals surface area contributed by atoms with Gasteiger partial charge in [0.25, 0.3) is 0 Å². The van der Waals surface area contributed by atoms with Crippen molar-refractivity contribution >= 4 is 28.6 Å². The van der Waals surface area contributed by atoms with Gasteiger partial charge in [0.05, 0.1) is 11.1 Å². The van der Waals surface area contributed by atoms with Crippen LogP contribution in [0.25, 0.3) is 10.9 Å². The molecule has 1 N–H and O–H groups in total. The number of hydrogen-bond acceptors (Lipinski definition) is 2. The summed E-state index contributed by atoms with van der Waals surface area (Å²) in [5.41, 5.74) is 2.34. The highest BCUT2D eigenvalue weighted by atomic mass is 32.2. The molecule has 0 amide bonds. The van der Waals surface area contributed by atoms with Crippen molar-refractivity contribution in [1.82, 2.24) is 4.57 Å². The highest BCUT2D eigenvalue weighted by Crippen LogP contribution is 2.26. The van der Waals surface area contributed by atoms with Crippen molar-refractivity contribution in [2.24, 2.45) is 7.05 Å². The molecular weight excluding hydrogens is 246 g/mol. The molecule has 0 aliphatic heterocycles. The summed E-state index contributed by atoms with van der Waals surface area (Å²) >= 11 is 1.86. The molecule has 0 unspecified atom stereocenters. The van der Waals surface area contributed by atoms with Crippen molar-refractivity contribution in [2.75, 3.05) is 0 Å². The number of carboxylic acid groups (broad SMARTS) is 1. The topological polar surface area (TPSA) is 42.2 Å². The Kier molecular flexibility index (Phi) is 3.66. The van der Waals surface area contributed by atoms with Crippen LogP contribution in [0, 0.1) is 0 Å². The smallest absolute Gasteiger partial charge is 0.337 e. The number of hydrogen-bond donors (Lipinski definition) is 1. The number of aromatic nitrogens is 1. The van der Waals surface area contributed by atoms with Gasteiger partial charge >= 0.3 is 5.97 Å². The third-order valence-electron chi connectivity index (χ3n) is 2.95. The van der Waals surface area contributed by atoms with Gasteiger partial charge in [-0.3, -0.25) is 0 Å². The van der Waals surface area contributed by atoms with Gasteiger partial charge in [-0.15, -0.1) is 0 Å². The molecule has 2 rings (SSSR count). The Morgan fingerprint density at radius 3 is 2.78 bits per heavy atom. The van der Waals surface area contributed by atoms with Gasteiger partial charge in [0.15, 0.2) is 0 Å². The maximum Gasteiger partial charge on any atom is 0.337 e. The molecule has 1 aromatic heterocycles. The van der Waals surface area contributed by atoms with Crippen LogP contribution in [0.3, 0.4) is 0 Å². The molecule has 1 aromatic carbocycles. The minimum atomic E-state index is -0.870. The lowest BCUT2D eigenvalue weighted by atomic mass is 10.1. The molecule has 0 fully saturated rings. The van der Waals surface area contributed by atoms with Crippen molar-refractivity contribution in [3.63, 3.8) is 0 Å². The lowest BCUT2D eigenvalue weighted by Crippen LogP contribution is -2.02. The van der Waals surface area contributed by atoms with Crippen LogP contribution < -0.4 is 0 Å².